The van der Waals surface area contributed by atoms with Gasteiger partial charge in [0, 0.05) is 0 Å². The van der Waals surface area contributed by atoms with Gasteiger partial charge in [-0.3, -0.25) is 0 Å². The lowest BCUT2D eigenvalue weighted by Crippen LogP contribution is -2.21. The van der Waals surface area contributed by atoms with Crippen LogP contribution in [0.15, 0.2) is 60.0 Å². The molecule has 0 saturated carbocycles. The number of nitrogens with one attached hydrogen (secondary N) is 1. The highest BCUT2D eigenvalue weighted by Crippen LogP contribution is 2.42. The Morgan fingerprint density at radius 1 is 1.21 bits per heavy atom. The van der Waals surface area contributed by atoms with Gasteiger partial charge < -0.3 is 24.9 Å². The Hall–Kier alpha value is -3.92. The molecule has 2 aromatic carbocycles. The fourth-order valence-corrected chi connectivity index (χ4v) is 3.38. The summed E-state index contributed by atoms with van der Waals surface area (Å²) in [7, 11) is 1.59. The van der Waals surface area contributed by atoms with Crippen molar-refractivity contribution in [3.8, 4) is 23.4 Å². The van der Waals surface area contributed by atoms with Crippen molar-refractivity contribution < 1.29 is 14.2 Å². The zero-order valence-electron chi connectivity index (χ0n) is 16.1. The van der Waals surface area contributed by atoms with Crippen molar-refractivity contribution in [2.45, 2.75) is 19.4 Å². The van der Waals surface area contributed by atoms with E-state index < -0.39 is 5.92 Å². The molecule has 0 unspecified atom stereocenters. The van der Waals surface area contributed by atoms with E-state index in [-0.39, 0.29) is 5.88 Å². The molecular weight excluding hydrogens is 368 g/mol. The molecule has 0 fully saturated rings. The third-order valence-corrected chi connectivity index (χ3v) is 4.74. The SMILES string of the molecule is COc1ccc([C@@H]2C(C#N)=C(N)Oc3nc(C)[nH]c32)cc1OCc1ccccc1. The number of nitrogens with zero attached hydrogens (tertiary/aromatic N) is 2. The smallest absolute Gasteiger partial charge is 0.243 e. The molecule has 3 aromatic rings. The van der Waals surface area contributed by atoms with Crippen LogP contribution >= 0.6 is 0 Å². The van der Waals surface area contributed by atoms with Gasteiger partial charge in [0.15, 0.2) is 11.5 Å². The highest BCUT2D eigenvalue weighted by molar-refractivity contribution is 5.54. The Kier molecular flexibility index (Phi) is 4.83. The number of aromatic nitrogens is 2. The number of nitrogens with two attached hydrogens (primary N) is 1. The van der Waals surface area contributed by atoms with Gasteiger partial charge in [0.1, 0.15) is 24.1 Å². The molecule has 2 heterocycles. The van der Waals surface area contributed by atoms with Crippen molar-refractivity contribution in [1.29, 1.82) is 5.26 Å². The van der Waals surface area contributed by atoms with E-state index in [1.807, 2.05) is 55.5 Å². The van der Waals surface area contributed by atoms with Gasteiger partial charge in [0.25, 0.3) is 0 Å². The molecule has 7 nitrogen and oxygen atoms in total. The van der Waals surface area contributed by atoms with Crippen LogP contribution in [-0.4, -0.2) is 17.1 Å². The molecule has 3 N–H and O–H groups in total. The van der Waals surface area contributed by atoms with Gasteiger partial charge in [-0.2, -0.15) is 10.2 Å². The summed E-state index contributed by atoms with van der Waals surface area (Å²) in [6.07, 6.45) is 0. The monoisotopic (exact) mass is 388 g/mol. The molecule has 1 aliphatic rings. The van der Waals surface area contributed by atoms with Crippen LogP contribution in [0.2, 0.25) is 0 Å². The molecule has 0 spiro atoms. The van der Waals surface area contributed by atoms with Gasteiger partial charge in [-0.1, -0.05) is 36.4 Å². The number of allylic oxidation sites excluding steroid dienone is 1. The van der Waals surface area contributed by atoms with Crippen LogP contribution in [0.4, 0.5) is 0 Å². The predicted molar refractivity (Wildman–Crippen MR) is 106 cm³/mol. The van der Waals surface area contributed by atoms with E-state index >= 15 is 0 Å². The first-order chi connectivity index (χ1) is 14.1. The molecule has 0 aliphatic carbocycles. The summed E-state index contributed by atoms with van der Waals surface area (Å²) in [5.41, 5.74) is 8.86. The summed E-state index contributed by atoms with van der Waals surface area (Å²) in [6.45, 7) is 2.22. The highest BCUT2D eigenvalue weighted by Gasteiger charge is 2.33. The van der Waals surface area contributed by atoms with Gasteiger partial charge >= 0.3 is 0 Å². The van der Waals surface area contributed by atoms with Gasteiger partial charge in [0.05, 0.1) is 18.7 Å². The number of aryl methyl sites for hydroxylation is 1. The van der Waals surface area contributed by atoms with Crippen molar-refractivity contribution in [3.63, 3.8) is 0 Å². The first kappa shape index (κ1) is 18.4. The molecule has 0 saturated heterocycles. The Labute approximate surface area is 168 Å². The topological polar surface area (TPSA) is 106 Å². The van der Waals surface area contributed by atoms with E-state index in [0.29, 0.717) is 41.1 Å². The lowest BCUT2D eigenvalue weighted by atomic mass is 9.87. The van der Waals surface area contributed by atoms with Crippen molar-refractivity contribution in [2.75, 3.05) is 7.11 Å². The minimum absolute atomic E-state index is 0.0547. The number of aromatic amines is 1. The first-order valence-electron chi connectivity index (χ1n) is 9.09. The average molecular weight is 388 g/mol. The lowest BCUT2D eigenvalue weighted by molar-refractivity contribution is 0.284. The van der Waals surface area contributed by atoms with Crippen LogP contribution in [0, 0.1) is 18.3 Å². The highest BCUT2D eigenvalue weighted by atomic mass is 16.5. The molecule has 1 atom stereocenters. The van der Waals surface area contributed by atoms with E-state index in [4.69, 9.17) is 19.9 Å². The van der Waals surface area contributed by atoms with E-state index in [0.717, 1.165) is 11.1 Å². The minimum Gasteiger partial charge on any atom is -0.493 e. The Morgan fingerprint density at radius 2 is 2.00 bits per heavy atom. The molecule has 146 valence electrons. The standard InChI is InChI=1S/C22H20N4O3/c1-13-25-20-19(16(11-23)21(24)29-22(20)26-13)15-8-9-17(27-2)18(10-15)28-12-14-6-4-3-5-7-14/h3-10,19H,12,24H2,1-2H3,(H,25,26)/t19-/m1/s1. The maximum absolute atomic E-state index is 9.69. The zero-order chi connectivity index (χ0) is 20.4. The Balaban J connectivity index is 1.74. The number of imidazole rings is 1. The van der Waals surface area contributed by atoms with E-state index in [9.17, 15) is 5.26 Å². The summed E-state index contributed by atoms with van der Waals surface area (Å²) < 4.78 is 17.0. The summed E-state index contributed by atoms with van der Waals surface area (Å²) in [5, 5.41) is 9.69. The Bertz CT molecular complexity index is 1110. The van der Waals surface area contributed by atoms with Crippen LogP contribution in [0.1, 0.15) is 28.6 Å². The van der Waals surface area contributed by atoms with Gasteiger partial charge in [-0.15, -0.1) is 0 Å². The summed E-state index contributed by atoms with van der Waals surface area (Å²) >= 11 is 0. The molecule has 0 radical (unpaired) electrons. The molecule has 0 bridgehead atoms. The number of hydrogen-bond acceptors (Lipinski definition) is 6. The molecule has 7 heteroatoms. The first-order valence-corrected chi connectivity index (χ1v) is 9.09. The number of ether oxygens (including phenoxy) is 3. The number of methoxy groups -OCH3 is 1. The molecular formula is C22H20N4O3. The second-order valence-corrected chi connectivity index (χ2v) is 6.65. The summed E-state index contributed by atoms with van der Waals surface area (Å²) in [6, 6.07) is 17.6. The summed E-state index contributed by atoms with van der Waals surface area (Å²) in [5.74, 6) is 1.86. The minimum atomic E-state index is -0.435. The van der Waals surface area contributed by atoms with E-state index in [1.165, 1.54) is 0 Å². The second kappa shape index (κ2) is 7.60. The second-order valence-electron chi connectivity index (χ2n) is 6.65. The normalized spacial score (nSPS) is 15.3. The molecule has 0 amide bonds. The van der Waals surface area contributed by atoms with Gasteiger partial charge in [0.2, 0.25) is 11.8 Å². The van der Waals surface area contributed by atoms with Crippen LogP contribution in [0.25, 0.3) is 0 Å². The summed E-state index contributed by atoms with van der Waals surface area (Å²) in [4.78, 5) is 7.51. The van der Waals surface area contributed by atoms with Crippen LogP contribution in [0.5, 0.6) is 17.4 Å². The molecule has 29 heavy (non-hydrogen) atoms. The molecule has 1 aromatic heterocycles. The maximum atomic E-state index is 9.69. The van der Waals surface area contributed by atoms with Crippen LogP contribution in [0.3, 0.4) is 0 Å². The fraction of sp³-hybridized carbons (Fsp3) is 0.182. The van der Waals surface area contributed by atoms with Crippen molar-refractivity contribution >= 4 is 0 Å². The predicted octanol–water partition coefficient (Wildman–Crippen LogP) is 3.52. The zero-order valence-corrected chi connectivity index (χ0v) is 16.1. The maximum Gasteiger partial charge on any atom is 0.243 e. The Morgan fingerprint density at radius 3 is 2.72 bits per heavy atom. The molecule has 1 aliphatic heterocycles. The van der Waals surface area contributed by atoms with E-state index in [2.05, 4.69) is 16.0 Å². The van der Waals surface area contributed by atoms with Crippen molar-refractivity contribution in [3.05, 3.63) is 82.6 Å². The fourth-order valence-electron chi connectivity index (χ4n) is 3.38. The number of benzene rings is 2. The largest absolute Gasteiger partial charge is 0.493 e. The number of nitriles is 1. The third kappa shape index (κ3) is 3.48. The van der Waals surface area contributed by atoms with Gasteiger partial charge in [-0.25, -0.2) is 0 Å². The van der Waals surface area contributed by atoms with Crippen molar-refractivity contribution in [2.24, 2.45) is 5.73 Å². The van der Waals surface area contributed by atoms with Crippen LogP contribution in [-0.2, 0) is 6.61 Å². The van der Waals surface area contributed by atoms with E-state index in [1.54, 1.807) is 7.11 Å². The lowest BCUT2D eigenvalue weighted by Gasteiger charge is -2.23. The number of fused-ring (bicyclic) bond motifs is 1. The number of hydrogen-bond donors (Lipinski definition) is 2. The van der Waals surface area contributed by atoms with Crippen LogP contribution < -0.4 is 19.9 Å². The third-order valence-electron chi connectivity index (χ3n) is 4.74. The molecule has 4 rings (SSSR count). The average Bonchev–Trinajstić information content (AvgIpc) is 3.11. The number of rotatable bonds is 5. The van der Waals surface area contributed by atoms with Crippen molar-refractivity contribution in [1.82, 2.24) is 9.97 Å². The number of H-pyrrole nitrogens is 1. The quantitative estimate of drug-likeness (QED) is 0.693. The van der Waals surface area contributed by atoms with Gasteiger partial charge in [-0.05, 0) is 30.2 Å².